The number of nitrogens with zero attached hydrogens (tertiary/aromatic N) is 4. The number of imide groups is 1. The van der Waals surface area contributed by atoms with E-state index in [-0.39, 0.29) is 52.6 Å². The predicted octanol–water partition coefficient (Wildman–Crippen LogP) is 2.53. The van der Waals surface area contributed by atoms with Crippen molar-refractivity contribution in [2.45, 2.75) is 56.9 Å². The van der Waals surface area contributed by atoms with Crippen molar-refractivity contribution >= 4 is 23.4 Å². The zero-order valence-electron chi connectivity index (χ0n) is 24.6. The number of allylic oxidation sites excluding steroid dienone is 2. The summed E-state index contributed by atoms with van der Waals surface area (Å²) >= 11 is 0. The van der Waals surface area contributed by atoms with Crippen LogP contribution in [0.2, 0.25) is 0 Å². The maximum Gasteiger partial charge on any atom is 0.261 e. The lowest BCUT2D eigenvalue weighted by Gasteiger charge is -2.60. The number of hydrogen-bond donors (Lipinski definition) is 2. The summed E-state index contributed by atoms with van der Waals surface area (Å²) in [6.07, 6.45) is 0.461. The molecular weight excluding hydrogens is 564 g/mol. The summed E-state index contributed by atoms with van der Waals surface area (Å²) in [5, 5.41) is 32.9. The van der Waals surface area contributed by atoms with Crippen LogP contribution >= 0.6 is 0 Å². The number of phenols is 1. The van der Waals surface area contributed by atoms with Crippen LogP contribution in [-0.2, 0) is 16.0 Å². The van der Waals surface area contributed by atoms with Crippen LogP contribution in [0.5, 0.6) is 11.5 Å². The molecule has 4 heterocycles. The highest BCUT2D eigenvalue weighted by Crippen LogP contribution is 2.53. The molecule has 7 rings (SSSR count). The number of aromatic hydroxyl groups is 1. The summed E-state index contributed by atoms with van der Waals surface area (Å²) < 4.78 is 5.54. The second-order valence-electron chi connectivity index (χ2n) is 12.1. The van der Waals surface area contributed by atoms with Crippen LogP contribution in [0.1, 0.15) is 56.8 Å². The number of aliphatic hydroxyl groups excluding tert-OH is 1. The number of likely N-dealkylation sites (N-methyl/N-ethyl adjacent to an activating group) is 1. The monoisotopic (exact) mass is 594 g/mol. The third-order valence-electron chi connectivity index (χ3n) is 10.1. The van der Waals surface area contributed by atoms with E-state index in [0.717, 1.165) is 16.0 Å². The lowest BCUT2D eigenvalue weighted by atomic mass is 9.69. The number of hydrogen-bond acceptors (Lipinski definition) is 10. The molecule has 44 heavy (non-hydrogen) atoms. The minimum Gasteiger partial charge on any atom is -0.504 e. The van der Waals surface area contributed by atoms with Crippen molar-refractivity contribution in [2.75, 3.05) is 20.7 Å². The van der Waals surface area contributed by atoms with E-state index in [4.69, 9.17) is 4.74 Å². The molecule has 224 valence electrons. The first-order valence-corrected chi connectivity index (χ1v) is 14.5. The first-order chi connectivity index (χ1) is 21.0. The zero-order chi connectivity index (χ0) is 31.4. The van der Waals surface area contributed by atoms with Gasteiger partial charge in [0, 0.05) is 40.9 Å². The lowest BCUT2D eigenvalue weighted by Crippen LogP contribution is -2.71. The number of amides is 2. The quantitative estimate of drug-likeness (QED) is 0.401. The second kappa shape index (κ2) is 9.61. The van der Waals surface area contributed by atoms with Crippen molar-refractivity contribution in [3.05, 3.63) is 80.6 Å². The number of ketones is 2. The number of aliphatic hydroxyl groups is 1. The highest BCUT2D eigenvalue weighted by Gasteiger charge is 2.58. The van der Waals surface area contributed by atoms with Gasteiger partial charge in [-0.05, 0) is 57.0 Å². The van der Waals surface area contributed by atoms with Crippen molar-refractivity contribution in [3.63, 3.8) is 0 Å². The Morgan fingerprint density at radius 3 is 2.27 bits per heavy atom. The molecule has 4 aliphatic heterocycles. The molecule has 2 aromatic carbocycles. The Kier molecular flexibility index (Phi) is 6.12. The summed E-state index contributed by atoms with van der Waals surface area (Å²) in [5.74, 6) is -2.69. The third kappa shape index (κ3) is 3.49. The van der Waals surface area contributed by atoms with E-state index >= 15 is 0 Å². The van der Waals surface area contributed by atoms with Gasteiger partial charge >= 0.3 is 0 Å². The van der Waals surface area contributed by atoms with Crippen molar-refractivity contribution in [3.8, 4) is 17.6 Å². The molecule has 5 atom stereocenters. The molecule has 2 N–H and O–H groups in total. The number of carbonyl (C=O) groups is 4. The fourth-order valence-corrected chi connectivity index (χ4v) is 8.13. The van der Waals surface area contributed by atoms with Crippen molar-refractivity contribution in [2.24, 2.45) is 0 Å². The van der Waals surface area contributed by atoms with Gasteiger partial charge in [-0.1, -0.05) is 18.2 Å². The summed E-state index contributed by atoms with van der Waals surface area (Å²) in [6.45, 7) is 2.93. The Hall–Kier alpha value is -4.79. The van der Waals surface area contributed by atoms with E-state index in [9.17, 15) is 34.7 Å². The van der Waals surface area contributed by atoms with Crippen LogP contribution in [0.25, 0.3) is 0 Å². The van der Waals surface area contributed by atoms with E-state index in [1.807, 2.05) is 29.8 Å². The molecule has 11 nitrogen and oxygen atoms in total. The smallest absolute Gasteiger partial charge is 0.261 e. The zero-order valence-corrected chi connectivity index (χ0v) is 24.6. The van der Waals surface area contributed by atoms with Crippen LogP contribution in [0.3, 0.4) is 0 Å². The second-order valence-corrected chi connectivity index (χ2v) is 12.1. The summed E-state index contributed by atoms with van der Waals surface area (Å²) in [5.41, 5.74) is 2.80. The van der Waals surface area contributed by atoms with Crippen molar-refractivity contribution < 1.29 is 34.1 Å². The first-order valence-electron chi connectivity index (χ1n) is 14.5. The number of benzene rings is 2. The highest BCUT2D eigenvalue weighted by atomic mass is 16.5. The maximum atomic E-state index is 13.8. The molecule has 0 unspecified atom stereocenters. The van der Waals surface area contributed by atoms with Gasteiger partial charge in [0.05, 0.1) is 36.4 Å². The van der Waals surface area contributed by atoms with E-state index in [2.05, 4.69) is 6.07 Å². The van der Waals surface area contributed by atoms with Gasteiger partial charge in [-0.15, -0.1) is 0 Å². The SMILES string of the molecule is COc1c(C)cc2c(c1O)[C@@H]1[C@@H]3CC4=C(C(=O)C(O)=C(C)C4=O)[C@H](CN4C(=O)c5ccccc5C4=O)N3[C@@H](C#N)[C@H](C2)N1C. The average Bonchev–Trinajstić information content (AvgIpc) is 3.24. The van der Waals surface area contributed by atoms with Gasteiger partial charge in [-0.2, -0.15) is 5.26 Å². The molecule has 0 spiro atoms. The van der Waals surface area contributed by atoms with E-state index in [1.54, 1.807) is 24.3 Å². The van der Waals surface area contributed by atoms with Crippen LogP contribution in [-0.4, -0.2) is 93.2 Å². The molecule has 1 saturated heterocycles. The predicted molar refractivity (Wildman–Crippen MR) is 155 cm³/mol. The number of carbonyl (C=O) groups excluding carboxylic acids is 4. The van der Waals surface area contributed by atoms with Gasteiger partial charge in [0.2, 0.25) is 5.78 Å². The Morgan fingerprint density at radius 2 is 1.66 bits per heavy atom. The van der Waals surface area contributed by atoms with Crippen molar-refractivity contribution in [1.82, 2.24) is 14.7 Å². The largest absolute Gasteiger partial charge is 0.504 e. The lowest BCUT2D eigenvalue weighted by molar-refractivity contribution is -0.122. The van der Waals surface area contributed by atoms with E-state index < -0.39 is 53.3 Å². The minimum absolute atomic E-state index is 0.000264. The Labute approximate surface area is 253 Å². The molecule has 2 amide bonds. The number of nitriles is 1. The van der Waals surface area contributed by atoms with Gasteiger partial charge in [-0.3, -0.25) is 33.9 Å². The maximum absolute atomic E-state index is 13.8. The first kappa shape index (κ1) is 28.0. The number of rotatable bonds is 3. The molecule has 11 heteroatoms. The molecule has 0 radical (unpaired) electrons. The highest BCUT2D eigenvalue weighted by molar-refractivity contribution is 6.25. The summed E-state index contributed by atoms with van der Waals surface area (Å²) in [4.78, 5) is 59.4. The fraction of sp³-hybridized carbons (Fsp3) is 0.364. The molecule has 1 aliphatic carbocycles. The number of piperazine rings is 1. The standard InChI is InChI=1S/C33H30N4O7/c1-14-9-16-10-20-22(12-34)37-21(26(35(20)3)24(16)30(41)31(14)44-4)11-19-25(29(40)28(39)15(2)27(19)38)23(37)13-36-32(42)17-7-5-6-8-18(17)33(36)43/h5-9,20-23,26,39,41H,10-11,13H2,1-4H3/t20-,21-,22-,23-,26-/m0/s1. The Bertz CT molecular complexity index is 1800. The normalized spacial score (nSPS) is 28.1. The van der Waals surface area contributed by atoms with Crippen LogP contribution < -0.4 is 4.74 Å². The average molecular weight is 595 g/mol. The van der Waals surface area contributed by atoms with Gasteiger partial charge in [0.25, 0.3) is 11.8 Å². The summed E-state index contributed by atoms with van der Waals surface area (Å²) in [6, 6.07) is 7.43. The number of phenolic OH excluding ortho intramolecular Hbond substituents is 1. The number of aryl methyl sites for hydroxylation is 1. The number of Topliss-reactive ketones (excluding diaryl/α,β-unsaturated/α-hetero) is 2. The van der Waals surface area contributed by atoms with Crippen molar-refractivity contribution in [1.29, 1.82) is 5.26 Å². The number of fused-ring (bicyclic) bond motifs is 7. The fourth-order valence-electron chi connectivity index (χ4n) is 8.13. The third-order valence-corrected chi connectivity index (χ3v) is 10.1. The van der Waals surface area contributed by atoms with Gasteiger partial charge < -0.3 is 14.9 Å². The topological polar surface area (TPSA) is 151 Å². The molecule has 0 saturated carbocycles. The Balaban J connectivity index is 1.43. The van der Waals surface area contributed by atoms with Gasteiger partial charge in [0.15, 0.2) is 23.0 Å². The molecule has 2 aromatic rings. The Morgan fingerprint density at radius 1 is 1.00 bits per heavy atom. The molecule has 0 aromatic heterocycles. The van der Waals surface area contributed by atoms with Crippen LogP contribution in [0, 0.1) is 18.3 Å². The minimum atomic E-state index is -1.06. The number of methoxy groups -OCH3 is 1. The number of ether oxygens (including phenoxy) is 1. The van der Waals surface area contributed by atoms with Gasteiger partial charge in [-0.25, -0.2) is 0 Å². The summed E-state index contributed by atoms with van der Waals surface area (Å²) in [7, 11) is 3.35. The van der Waals surface area contributed by atoms with E-state index in [0.29, 0.717) is 17.7 Å². The molecular formula is C33H30N4O7. The van der Waals surface area contributed by atoms with E-state index in [1.165, 1.54) is 14.0 Å². The molecule has 1 fully saturated rings. The molecule has 2 bridgehead atoms. The van der Waals surface area contributed by atoms with Crippen LogP contribution in [0.4, 0.5) is 0 Å². The molecule has 5 aliphatic rings. The van der Waals surface area contributed by atoms with Crippen LogP contribution in [0.15, 0.2) is 52.8 Å². The van der Waals surface area contributed by atoms with Gasteiger partial charge in [0.1, 0.15) is 6.04 Å².